The third-order valence-corrected chi connectivity index (χ3v) is 3.65. The highest BCUT2D eigenvalue weighted by molar-refractivity contribution is 14.0. The summed E-state index contributed by atoms with van der Waals surface area (Å²) in [4.78, 5) is 10.3. The normalized spacial score (nSPS) is 10.7. The number of allylic oxidation sites excluding steroid dienone is 2. The molecule has 0 aromatic carbocycles. The van der Waals surface area contributed by atoms with Crippen molar-refractivity contribution in [3.05, 3.63) is 12.2 Å². The van der Waals surface area contributed by atoms with Gasteiger partial charge in [-0.3, -0.25) is 4.79 Å². The highest BCUT2D eigenvalue weighted by atomic mass is 127. The summed E-state index contributed by atoms with van der Waals surface area (Å²) in [6.45, 7) is 2.26. The van der Waals surface area contributed by atoms with Crippen molar-refractivity contribution in [3.8, 4) is 0 Å². The van der Waals surface area contributed by atoms with Crippen LogP contribution >= 0.6 is 24.0 Å². The minimum atomic E-state index is -0.664. The molecule has 0 atom stereocenters. The SMILES string of the molecule is CCCCCCCCC=CCCCCCCCC(=O)O.I. The van der Waals surface area contributed by atoms with E-state index in [1.807, 2.05) is 0 Å². The predicted molar refractivity (Wildman–Crippen MR) is 103 cm³/mol. The first-order valence-corrected chi connectivity index (χ1v) is 8.64. The molecular formula is C18H35IO2. The third kappa shape index (κ3) is 22.4. The summed E-state index contributed by atoms with van der Waals surface area (Å²) in [6.07, 6.45) is 21.2. The van der Waals surface area contributed by atoms with E-state index in [0.29, 0.717) is 6.42 Å². The molecule has 0 aliphatic rings. The summed E-state index contributed by atoms with van der Waals surface area (Å²) < 4.78 is 0. The van der Waals surface area contributed by atoms with Crippen LogP contribution in [0.25, 0.3) is 0 Å². The number of carbonyl (C=O) groups is 1. The summed E-state index contributed by atoms with van der Waals surface area (Å²) in [5.74, 6) is -0.664. The second-order valence-corrected chi connectivity index (χ2v) is 5.73. The van der Waals surface area contributed by atoms with Crippen molar-refractivity contribution in [1.82, 2.24) is 0 Å². The van der Waals surface area contributed by atoms with E-state index in [2.05, 4.69) is 19.1 Å². The highest BCUT2D eigenvalue weighted by Gasteiger charge is 1.95. The molecular weight excluding hydrogens is 375 g/mol. The van der Waals surface area contributed by atoms with Gasteiger partial charge >= 0.3 is 5.97 Å². The average Bonchev–Trinajstić information content (AvgIpc) is 2.43. The second-order valence-electron chi connectivity index (χ2n) is 5.73. The highest BCUT2D eigenvalue weighted by Crippen LogP contribution is 2.09. The zero-order valence-corrected chi connectivity index (χ0v) is 16.1. The zero-order chi connectivity index (χ0) is 14.9. The molecule has 126 valence electrons. The predicted octanol–water partition coefficient (Wildman–Crippen LogP) is 6.73. The third-order valence-electron chi connectivity index (χ3n) is 3.65. The zero-order valence-electron chi connectivity index (χ0n) is 13.8. The fourth-order valence-electron chi connectivity index (χ4n) is 2.35. The number of hydrogen-bond acceptors (Lipinski definition) is 1. The van der Waals surface area contributed by atoms with E-state index in [1.54, 1.807) is 0 Å². The lowest BCUT2D eigenvalue weighted by molar-refractivity contribution is -0.137. The molecule has 0 heterocycles. The number of carboxylic acids is 1. The van der Waals surface area contributed by atoms with E-state index >= 15 is 0 Å². The molecule has 21 heavy (non-hydrogen) atoms. The Kier molecular flexibility index (Phi) is 22.0. The Morgan fingerprint density at radius 1 is 0.762 bits per heavy atom. The number of unbranched alkanes of at least 4 members (excludes halogenated alkanes) is 11. The van der Waals surface area contributed by atoms with Crippen LogP contribution in [0.1, 0.15) is 96.8 Å². The molecule has 0 radical (unpaired) electrons. The molecule has 0 spiro atoms. The minimum absolute atomic E-state index is 0. The Bertz CT molecular complexity index is 239. The maximum Gasteiger partial charge on any atom is 0.303 e. The average molecular weight is 410 g/mol. The van der Waals surface area contributed by atoms with E-state index in [4.69, 9.17) is 5.11 Å². The number of hydrogen-bond donors (Lipinski definition) is 1. The van der Waals surface area contributed by atoms with E-state index in [9.17, 15) is 4.79 Å². The maximum absolute atomic E-state index is 10.3. The first kappa shape index (κ1) is 23.2. The Labute approximate surface area is 148 Å². The summed E-state index contributed by atoms with van der Waals surface area (Å²) in [7, 11) is 0. The van der Waals surface area contributed by atoms with Crippen LogP contribution in [0, 0.1) is 0 Å². The first-order valence-electron chi connectivity index (χ1n) is 8.64. The first-order chi connectivity index (χ1) is 9.77. The summed E-state index contributed by atoms with van der Waals surface area (Å²) in [6, 6.07) is 0. The van der Waals surface area contributed by atoms with Crippen LogP contribution in [0.4, 0.5) is 0 Å². The molecule has 0 saturated carbocycles. The van der Waals surface area contributed by atoms with Crippen LogP contribution < -0.4 is 0 Å². The molecule has 0 aliphatic heterocycles. The lowest BCUT2D eigenvalue weighted by Gasteiger charge is -1.99. The topological polar surface area (TPSA) is 37.3 Å². The molecule has 0 rings (SSSR count). The van der Waals surface area contributed by atoms with Gasteiger partial charge in [-0.05, 0) is 32.1 Å². The van der Waals surface area contributed by atoms with Gasteiger partial charge in [0.05, 0.1) is 0 Å². The summed E-state index contributed by atoms with van der Waals surface area (Å²) in [5.41, 5.74) is 0. The van der Waals surface area contributed by atoms with Gasteiger partial charge in [-0.1, -0.05) is 70.4 Å². The van der Waals surface area contributed by atoms with Crippen molar-refractivity contribution >= 4 is 29.9 Å². The van der Waals surface area contributed by atoms with Crippen molar-refractivity contribution in [1.29, 1.82) is 0 Å². The van der Waals surface area contributed by atoms with E-state index in [-0.39, 0.29) is 24.0 Å². The van der Waals surface area contributed by atoms with Gasteiger partial charge in [0.15, 0.2) is 0 Å². The van der Waals surface area contributed by atoms with Gasteiger partial charge in [0.1, 0.15) is 0 Å². The number of halogens is 1. The molecule has 2 nitrogen and oxygen atoms in total. The monoisotopic (exact) mass is 410 g/mol. The Balaban J connectivity index is 0. The van der Waals surface area contributed by atoms with Crippen molar-refractivity contribution in [2.24, 2.45) is 0 Å². The molecule has 0 aliphatic carbocycles. The largest absolute Gasteiger partial charge is 0.481 e. The van der Waals surface area contributed by atoms with Crippen LogP contribution in [-0.2, 0) is 4.79 Å². The van der Waals surface area contributed by atoms with Crippen molar-refractivity contribution < 1.29 is 9.90 Å². The van der Waals surface area contributed by atoms with Gasteiger partial charge in [-0.25, -0.2) is 0 Å². The number of aliphatic carboxylic acids is 1. The Morgan fingerprint density at radius 3 is 1.67 bits per heavy atom. The van der Waals surface area contributed by atoms with Crippen LogP contribution in [0.15, 0.2) is 12.2 Å². The molecule has 0 bridgehead atoms. The van der Waals surface area contributed by atoms with Crippen molar-refractivity contribution in [2.75, 3.05) is 0 Å². The standard InChI is InChI=1S/C18H34O2.HI/c1-2-3-4-5-6-7-8-9-10-11-12-13-14-15-16-17-18(19)20;/h9-10H,2-8,11-17H2,1H3,(H,19,20);1H. The van der Waals surface area contributed by atoms with E-state index in [0.717, 1.165) is 12.8 Å². The molecule has 1 N–H and O–H groups in total. The fraction of sp³-hybridized carbons (Fsp3) is 0.833. The van der Waals surface area contributed by atoms with Gasteiger partial charge < -0.3 is 5.11 Å². The molecule has 0 aromatic rings. The smallest absolute Gasteiger partial charge is 0.303 e. The summed E-state index contributed by atoms with van der Waals surface area (Å²) in [5, 5.41) is 8.51. The van der Waals surface area contributed by atoms with Gasteiger partial charge in [0.25, 0.3) is 0 Å². The van der Waals surface area contributed by atoms with E-state index in [1.165, 1.54) is 70.6 Å². The molecule has 0 saturated heterocycles. The van der Waals surface area contributed by atoms with E-state index < -0.39 is 5.97 Å². The number of carboxylic acid groups (broad SMARTS) is 1. The molecule has 0 fully saturated rings. The molecule has 3 heteroatoms. The molecule has 0 unspecified atom stereocenters. The lowest BCUT2D eigenvalue weighted by Crippen LogP contribution is -1.93. The fourth-order valence-corrected chi connectivity index (χ4v) is 2.35. The van der Waals surface area contributed by atoms with Gasteiger partial charge in [-0.15, -0.1) is 24.0 Å². The van der Waals surface area contributed by atoms with Crippen LogP contribution in [0.5, 0.6) is 0 Å². The molecule has 0 aromatic heterocycles. The van der Waals surface area contributed by atoms with Gasteiger partial charge in [0, 0.05) is 6.42 Å². The van der Waals surface area contributed by atoms with Gasteiger partial charge in [0.2, 0.25) is 0 Å². The van der Waals surface area contributed by atoms with Crippen molar-refractivity contribution in [3.63, 3.8) is 0 Å². The van der Waals surface area contributed by atoms with Crippen molar-refractivity contribution in [2.45, 2.75) is 96.8 Å². The lowest BCUT2D eigenvalue weighted by atomic mass is 10.1. The Hall–Kier alpha value is -0.0600. The summed E-state index contributed by atoms with van der Waals surface area (Å²) >= 11 is 0. The number of rotatable bonds is 15. The molecule has 0 amide bonds. The van der Waals surface area contributed by atoms with Crippen LogP contribution in [0.2, 0.25) is 0 Å². The second kappa shape index (κ2) is 19.9. The van der Waals surface area contributed by atoms with Crippen LogP contribution in [0.3, 0.4) is 0 Å². The maximum atomic E-state index is 10.3. The van der Waals surface area contributed by atoms with Gasteiger partial charge in [-0.2, -0.15) is 0 Å². The quantitative estimate of drug-likeness (QED) is 0.185. The minimum Gasteiger partial charge on any atom is -0.481 e. The van der Waals surface area contributed by atoms with Crippen LogP contribution in [-0.4, -0.2) is 11.1 Å². The Morgan fingerprint density at radius 2 is 1.19 bits per heavy atom.